The quantitative estimate of drug-likeness (QED) is 0.771. The van der Waals surface area contributed by atoms with E-state index in [4.69, 9.17) is 0 Å². The molecule has 1 amide bonds. The highest BCUT2D eigenvalue weighted by Gasteiger charge is 2.30. The van der Waals surface area contributed by atoms with Crippen molar-refractivity contribution in [2.45, 2.75) is 38.3 Å². The van der Waals surface area contributed by atoms with Gasteiger partial charge in [-0.15, -0.1) is 16.4 Å². The molecule has 130 valence electrons. The summed E-state index contributed by atoms with van der Waals surface area (Å²) in [6, 6.07) is 6.03. The molecule has 0 saturated heterocycles. The van der Waals surface area contributed by atoms with Crippen LogP contribution in [0.15, 0.2) is 23.6 Å². The summed E-state index contributed by atoms with van der Waals surface area (Å²) in [7, 11) is 1.81. The van der Waals surface area contributed by atoms with Crippen LogP contribution in [0.3, 0.4) is 0 Å². The maximum atomic E-state index is 12.9. The van der Waals surface area contributed by atoms with Crippen molar-refractivity contribution in [3.63, 3.8) is 0 Å². The zero-order valence-corrected chi connectivity index (χ0v) is 14.7. The van der Waals surface area contributed by atoms with Crippen molar-refractivity contribution in [1.82, 2.24) is 35.3 Å². The summed E-state index contributed by atoms with van der Waals surface area (Å²) in [5.74, 6) is 0.450. The Labute approximate surface area is 148 Å². The van der Waals surface area contributed by atoms with E-state index in [2.05, 4.69) is 25.7 Å². The summed E-state index contributed by atoms with van der Waals surface area (Å²) >= 11 is 1.64. The van der Waals surface area contributed by atoms with Crippen LogP contribution >= 0.6 is 11.3 Å². The molecule has 0 spiro atoms. The minimum Gasteiger partial charge on any atom is -0.339 e. The van der Waals surface area contributed by atoms with Gasteiger partial charge in [0, 0.05) is 13.6 Å². The van der Waals surface area contributed by atoms with Crippen molar-refractivity contribution in [3.8, 4) is 10.6 Å². The van der Waals surface area contributed by atoms with Crippen LogP contribution < -0.4 is 0 Å². The predicted octanol–water partition coefficient (Wildman–Crippen LogP) is 2.05. The van der Waals surface area contributed by atoms with Gasteiger partial charge in [-0.1, -0.05) is 12.5 Å². The fourth-order valence-electron chi connectivity index (χ4n) is 3.19. The number of carbonyl (C=O) groups is 1. The molecule has 1 atom stereocenters. The third-order valence-electron chi connectivity index (χ3n) is 4.47. The molecule has 9 heteroatoms. The summed E-state index contributed by atoms with van der Waals surface area (Å²) in [5.41, 5.74) is 1.82. The van der Waals surface area contributed by atoms with E-state index >= 15 is 0 Å². The lowest BCUT2D eigenvalue weighted by atomic mass is 10.0. The molecule has 3 aromatic rings. The first-order chi connectivity index (χ1) is 12.2. The molecule has 8 nitrogen and oxygen atoms in total. The summed E-state index contributed by atoms with van der Waals surface area (Å²) < 4.78 is 1.76. The second kappa shape index (κ2) is 6.75. The van der Waals surface area contributed by atoms with E-state index in [0.717, 1.165) is 42.1 Å². The van der Waals surface area contributed by atoms with Crippen molar-refractivity contribution in [1.29, 1.82) is 0 Å². The fourth-order valence-corrected chi connectivity index (χ4v) is 3.87. The fraction of sp³-hybridized carbons (Fsp3) is 0.438. The number of aryl methyl sites for hydroxylation is 1. The molecule has 0 radical (unpaired) electrons. The maximum Gasteiger partial charge on any atom is 0.233 e. The number of likely N-dealkylation sites (N-methyl/N-ethyl adjacent to an activating group) is 1. The number of tetrazole rings is 1. The van der Waals surface area contributed by atoms with Crippen molar-refractivity contribution in [2.75, 3.05) is 7.05 Å². The minimum absolute atomic E-state index is 0.0465. The lowest BCUT2D eigenvalue weighted by Crippen LogP contribution is -2.32. The normalized spacial score (nSPS) is 17.1. The number of rotatable bonds is 4. The number of hydrogen-bond donors (Lipinski definition) is 1. The SMILES string of the molecule is CN(Cc1cc(-c2cccs2)n[nH]1)C(=O)[C@@H]1CCCCn2nnnc21. The lowest BCUT2D eigenvalue weighted by molar-refractivity contribution is -0.132. The maximum absolute atomic E-state index is 12.9. The Balaban J connectivity index is 1.48. The highest BCUT2D eigenvalue weighted by molar-refractivity contribution is 7.13. The number of fused-ring (bicyclic) bond motifs is 1. The van der Waals surface area contributed by atoms with Gasteiger partial charge in [0.05, 0.1) is 23.0 Å². The van der Waals surface area contributed by atoms with Crippen LogP contribution in [0, 0.1) is 0 Å². The first-order valence-corrected chi connectivity index (χ1v) is 9.19. The van der Waals surface area contributed by atoms with Crippen LogP contribution in [0.1, 0.15) is 36.7 Å². The van der Waals surface area contributed by atoms with Crippen molar-refractivity contribution in [3.05, 3.63) is 35.1 Å². The minimum atomic E-state index is -0.276. The standard InChI is InChI=1S/C16H19N7OS/c1-22(10-11-9-13(18-17-11)14-6-4-8-25-14)16(24)12-5-2-3-7-23-15(12)19-20-21-23/h4,6,8-9,12H,2-3,5,7,10H2,1H3,(H,17,18)/t12-/m1/s1. The monoisotopic (exact) mass is 357 g/mol. The molecular weight excluding hydrogens is 338 g/mol. The Kier molecular flexibility index (Phi) is 4.31. The summed E-state index contributed by atoms with van der Waals surface area (Å²) in [6.07, 6.45) is 2.77. The first kappa shape index (κ1) is 15.9. The molecule has 0 fully saturated rings. The molecule has 25 heavy (non-hydrogen) atoms. The average molecular weight is 357 g/mol. The number of aromatic nitrogens is 6. The van der Waals surface area contributed by atoms with Gasteiger partial charge in [-0.2, -0.15) is 5.10 Å². The molecule has 1 N–H and O–H groups in total. The van der Waals surface area contributed by atoms with E-state index < -0.39 is 0 Å². The second-order valence-corrected chi connectivity index (χ2v) is 7.21. The molecule has 0 aliphatic carbocycles. The third kappa shape index (κ3) is 3.19. The molecule has 0 aromatic carbocycles. The topological polar surface area (TPSA) is 92.6 Å². The van der Waals surface area contributed by atoms with Gasteiger partial charge in [0.1, 0.15) is 5.69 Å². The van der Waals surface area contributed by atoms with Crippen LogP contribution in [0.4, 0.5) is 0 Å². The molecule has 0 bridgehead atoms. The smallest absolute Gasteiger partial charge is 0.233 e. The van der Waals surface area contributed by atoms with Crippen molar-refractivity contribution in [2.24, 2.45) is 0 Å². The highest BCUT2D eigenvalue weighted by Crippen LogP contribution is 2.27. The van der Waals surface area contributed by atoms with E-state index in [0.29, 0.717) is 12.4 Å². The summed E-state index contributed by atoms with van der Waals surface area (Å²) in [4.78, 5) is 15.8. The van der Waals surface area contributed by atoms with Gasteiger partial charge in [-0.3, -0.25) is 9.89 Å². The zero-order chi connectivity index (χ0) is 17.2. The summed E-state index contributed by atoms with van der Waals surface area (Å²) in [5, 5.41) is 21.2. The number of nitrogens with zero attached hydrogens (tertiary/aromatic N) is 6. The average Bonchev–Trinajstić information content (AvgIpc) is 3.34. The molecule has 4 heterocycles. The Bertz CT molecular complexity index is 854. The van der Waals surface area contributed by atoms with Crippen LogP contribution in [-0.2, 0) is 17.9 Å². The van der Waals surface area contributed by atoms with Gasteiger partial charge in [0.15, 0.2) is 5.82 Å². The number of nitrogens with one attached hydrogen (secondary N) is 1. The molecule has 0 saturated carbocycles. The van der Waals surface area contributed by atoms with Gasteiger partial charge in [0.25, 0.3) is 0 Å². The number of aromatic amines is 1. The predicted molar refractivity (Wildman–Crippen MR) is 92.8 cm³/mol. The Morgan fingerprint density at radius 3 is 3.24 bits per heavy atom. The van der Waals surface area contributed by atoms with Crippen molar-refractivity contribution >= 4 is 17.2 Å². The molecule has 4 rings (SSSR count). The van der Waals surface area contributed by atoms with Gasteiger partial charge < -0.3 is 4.90 Å². The molecule has 3 aromatic heterocycles. The largest absolute Gasteiger partial charge is 0.339 e. The van der Waals surface area contributed by atoms with E-state index in [1.54, 1.807) is 20.9 Å². The van der Waals surface area contributed by atoms with Gasteiger partial charge in [0.2, 0.25) is 5.91 Å². The molecule has 1 aliphatic rings. The van der Waals surface area contributed by atoms with E-state index in [9.17, 15) is 4.79 Å². The Hall–Kier alpha value is -2.55. The first-order valence-electron chi connectivity index (χ1n) is 8.31. The Morgan fingerprint density at radius 1 is 1.48 bits per heavy atom. The lowest BCUT2D eigenvalue weighted by Gasteiger charge is -2.21. The van der Waals surface area contributed by atoms with Gasteiger partial charge >= 0.3 is 0 Å². The van der Waals surface area contributed by atoms with Gasteiger partial charge in [-0.25, -0.2) is 4.68 Å². The van der Waals surface area contributed by atoms with Crippen LogP contribution in [0.2, 0.25) is 0 Å². The van der Waals surface area contributed by atoms with Crippen LogP contribution in [0.5, 0.6) is 0 Å². The van der Waals surface area contributed by atoms with Crippen LogP contribution in [0.25, 0.3) is 10.6 Å². The van der Waals surface area contributed by atoms with E-state index in [1.807, 2.05) is 30.6 Å². The third-order valence-corrected chi connectivity index (χ3v) is 5.36. The van der Waals surface area contributed by atoms with E-state index in [1.165, 1.54) is 0 Å². The molecular formula is C16H19N7OS. The number of H-pyrrole nitrogens is 1. The molecule has 0 unspecified atom stereocenters. The van der Waals surface area contributed by atoms with E-state index in [-0.39, 0.29) is 11.8 Å². The number of thiophene rings is 1. The molecule has 1 aliphatic heterocycles. The number of hydrogen-bond acceptors (Lipinski definition) is 6. The highest BCUT2D eigenvalue weighted by atomic mass is 32.1. The second-order valence-electron chi connectivity index (χ2n) is 6.26. The number of carbonyl (C=O) groups excluding carboxylic acids is 1. The summed E-state index contributed by atoms with van der Waals surface area (Å²) in [6.45, 7) is 1.26. The van der Waals surface area contributed by atoms with Gasteiger partial charge in [-0.05, 0) is 40.8 Å². The Morgan fingerprint density at radius 2 is 2.40 bits per heavy atom. The number of amides is 1. The van der Waals surface area contributed by atoms with Crippen LogP contribution in [-0.4, -0.2) is 48.3 Å². The zero-order valence-electron chi connectivity index (χ0n) is 13.9. The van der Waals surface area contributed by atoms with Crippen molar-refractivity contribution < 1.29 is 4.79 Å².